The zero-order chi connectivity index (χ0) is 16.4. The van der Waals surface area contributed by atoms with Crippen LogP contribution in [0.25, 0.3) is 0 Å². The van der Waals surface area contributed by atoms with Crippen molar-refractivity contribution in [3.63, 3.8) is 0 Å². The first-order valence-corrected chi connectivity index (χ1v) is 6.00. The normalized spacial score (nSPS) is 13.6. The summed E-state index contributed by atoms with van der Waals surface area (Å²) in [4.78, 5) is 23.0. The number of nitrogens with two attached hydrogens (primary N) is 2. The Bertz CT molecular complexity index is 556. The van der Waals surface area contributed by atoms with Crippen LogP contribution >= 0.6 is 0 Å². The molecule has 0 heterocycles. The van der Waals surface area contributed by atoms with Gasteiger partial charge < -0.3 is 16.8 Å². The van der Waals surface area contributed by atoms with Crippen molar-refractivity contribution in [2.75, 3.05) is 0 Å². The first-order chi connectivity index (χ1) is 9.45. The highest BCUT2D eigenvalue weighted by molar-refractivity contribution is 5.91. The smallest absolute Gasteiger partial charge is 0.368 e. The van der Waals surface area contributed by atoms with E-state index in [-0.39, 0.29) is 5.56 Å². The second kappa shape index (κ2) is 5.72. The molecule has 0 saturated heterocycles. The van der Waals surface area contributed by atoms with Crippen LogP contribution < -0.4 is 16.8 Å². The topological polar surface area (TPSA) is 98.2 Å². The Hall–Kier alpha value is -2.09. The molecule has 1 unspecified atom stereocenters. The highest BCUT2D eigenvalue weighted by Crippen LogP contribution is 2.30. The lowest BCUT2D eigenvalue weighted by atomic mass is 10.0. The van der Waals surface area contributed by atoms with Crippen molar-refractivity contribution in [3.8, 4) is 0 Å². The van der Waals surface area contributed by atoms with Crippen LogP contribution in [0, 0.1) is 0 Å². The molecule has 0 radical (unpaired) electrons. The van der Waals surface area contributed by atoms with E-state index in [0.29, 0.717) is 0 Å². The molecule has 8 heteroatoms. The van der Waals surface area contributed by atoms with Crippen molar-refractivity contribution in [2.24, 2.45) is 11.5 Å². The number of carbonyl (C=O) groups excluding carboxylic acids is 2. The lowest BCUT2D eigenvalue weighted by molar-refractivity contribution is -0.137. The molecule has 5 nitrogen and oxygen atoms in total. The van der Waals surface area contributed by atoms with Gasteiger partial charge in [-0.25, -0.2) is 0 Å². The average molecular weight is 303 g/mol. The summed E-state index contributed by atoms with van der Waals surface area (Å²) < 4.78 is 37.8. The van der Waals surface area contributed by atoms with E-state index >= 15 is 0 Å². The molecule has 1 atom stereocenters. The zero-order valence-corrected chi connectivity index (χ0v) is 11.5. The molecule has 0 aromatic heterocycles. The Morgan fingerprint density at radius 1 is 1.24 bits per heavy atom. The zero-order valence-electron chi connectivity index (χ0n) is 11.5. The second-order valence-corrected chi connectivity index (χ2v) is 5.08. The van der Waals surface area contributed by atoms with E-state index in [4.69, 9.17) is 11.5 Å². The van der Waals surface area contributed by atoms with E-state index in [1.165, 1.54) is 19.9 Å². The number of hydrogen-bond acceptors (Lipinski definition) is 3. The van der Waals surface area contributed by atoms with Gasteiger partial charge in [0.15, 0.2) is 0 Å². The van der Waals surface area contributed by atoms with Crippen LogP contribution in [0.1, 0.15) is 31.0 Å². The molecule has 1 aromatic carbocycles. The summed E-state index contributed by atoms with van der Waals surface area (Å²) >= 11 is 0. The molecule has 21 heavy (non-hydrogen) atoms. The van der Waals surface area contributed by atoms with Crippen LogP contribution in [-0.2, 0) is 15.8 Å². The number of halogens is 3. The number of rotatable bonds is 4. The Morgan fingerprint density at radius 3 is 2.29 bits per heavy atom. The number of benzene rings is 1. The van der Waals surface area contributed by atoms with Crippen molar-refractivity contribution >= 4 is 11.8 Å². The van der Waals surface area contributed by atoms with Crippen molar-refractivity contribution in [1.82, 2.24) is 5.32 Å². The fourth-order valence-corrected chi connectivity index (χ4v) is 1.51. The summed E-state index contributed by atoms with van der Waals surface area (Å²) in [5.41, 5.74) is 8.45. The SMILES string of the molecule is CC(C)(NC(=O)C(N)c1cccc(C(F)(F)F)c1)C(N)=O. The van der Waals surface area contributed by atoms with Gasteiger partial charge in [-0.2, -0.15) is 13.2 Å². The number of amides is 2. The molecule has 0 fully saturated rings. The molecule has 0 saturated carbocycles. The fraction of sp³-hybridized carbons (Fsp3) is 0.385. The van der Waals surface area contributed by atoms with Crippen molar-refractivity contribution in [2.45, 2.75) is 31.6 Å². The number of alkyl halides is 3. The van der Waals surface area contributed by atoms with Gasteiger partial charge >= 0.3 is 6.18 Å². The quantitative estimate of drug-likeness (QED) is 0.776. The lowest BCUT2D eigenvalue weighted by Gasteiger charge is -2.24. The minimum Gasteiger partial charge on any atom is -0.368 e. The molecule has 1 aromatic rings. The van der Waals surface area contributed by atoms with E-state index in [2.05, 4.69) is 5.32 Å². The van der Waals surface area contributed by atoms with Gasteiger partial charge in [0.25, 0.3) is 0 Å². The molecule has 0 aliphatic heterocycles. The van der Waals surface area contributed by atoms with Gasteiger partial charge in [-0.3, -0.25) is 9.59 Å². The number of primary amides is 1. The Labute approximate surface area is 119 Å². The molecule has 2 amide bonds. The molecule has 1 rings (SSSR count). The lowest BCUT2D eigenvalue weighted by Crippen LogP contribution is -2.55. The van der Waals surface area contributed by atoms with E-state index in [1.807, 2.05) is 0 Å². The van der Waals surface area contributed by atoms with Crippen molar-refractivity contribution in [1.29, 1.82) is 0 Å². The van der Waals surface area contributed by atoms with Crippen LogP contribution in [0.4, 0.5) is 13.2 Å². The maximum Gasteiger partial charge on any atom is 0.416 e. The van der Waals surface area contributed by atoms with Gasteiger partial charge in [0.2, 0.25) is 11.8 Å². The Kier molecular flexibility index (Phi) is 4.62. The first-order valence-electron chi connectivity index (χ1n) is 6.00. The van der Waals surface area contributed by atoms with Crippen LogP contribution in [0.15, 0.2) is 24.3 Å². The molecular formula is C13H16F3N3O2. The highest BCUT2D eigenvalue weighted by atomic mass is 19.4. The van der Waals surface area contributed by atoms with E-state index in [1.54, 1.807) is 0 Å². The summed E-state index contributed by atoms with van der Waals surface area (Å²) in [6.45, 7) is 2.73. The molecule has 0 aliphatic carbocycles. The van der Waals surface area contributed by atoms with E-state index in [0.717, 1.165) is 18.2 Å². The van der Waals surface area contributed by atoms with Gasteiger partial charge in [0.1, 0.15) is 11.6 Å². The standard InChI is InChI=1S/C13H16F3N3O2/c1-12(2,11(18)21)19-10(20)9(17)7-4-3-5-8(6-7)13(14,15)16/h3-6,9H,17H2,1-2H3,(H2,18,21)(H,19,20). The summed E-state index contributed by atoms with van der Waals surface area (Å²) in [5.74, 6) is -1.58. The van der Waals surface area contributed by atoms with Gasteiger partial charge in [0.05, 0.1) is 5.56 Å². The monoisotopic (exact) mass is 303 g/mol. The van der Waals surface area contributed by atoms with Crippen LogP contribution in [0.3, 0.4) is 0 Å². The minimum absolute atomic E-state index is 0.0115. The predicted molar refractivity (Wildman–Crippen MR) is 69.8 cm³/mol. The molecule has 0 bridgehead atoms. The third-order valence-electron chi connectivity index (χ3n) is 2.91. The summed E-state index contributed by atoms with van der Waals surface area (Å²) in [7, 11) is 0. The van der Waals surface area contributed by atoms with Crippen LogP contribution in [-0.4, -0.2) is 17.4 Å². The van der Waals surface area contributed by atoms with Gasteiger partial charge in [0, 0.05) is 0 Å². The second-order valence-electron chi connectivity index (χ2n) is 5.08. The maximum absolute atomic E-state index is 12.6. The van der Waals surface area contributed by atoms with Crippen LogP contribution in [0.5, 0.6) is 0 Å². The summed E-state index contributed by atoms with van der Waals surface area (Å²) in [6, 6.07) is 2.79. The number of carbonyl (C=O) groups is 2. The maximum atomic E-state index is 12.6. The molecule has 116 valence electrons. The Balaban J connectivity index is 2.96. The third kappa shape index (κ3) is 4.19. The fourth-order valence-electron chi connectivity index (χ4n) is 1.51. The van der Waals surface area contributed by atoms with Crippen molar-refractivity contribution in [3.05, 3.63) is 35.4 Å². The molecule has 0 aliphatic rings. The third-order valence-corrected chi connectivity index (χ3v) is 2.91. The van der Waals surface area contributed by atoms with E-state index in [9.17, 15) is 22.8 Å². The highest BCUT2D eigenvalue weighted by Gasteiger charge is 2.33. The van der Waals surface area contributed by atoms with E-state index < -0.39 is 35.1 Å². The number of nitrogens with one attached hydrogen (secondary N) is 1. The van der Waals surface area contributed by atoms with Gasteiger partial charge in [-0.15, -0.1) is 0 Å². The summed E-state index contributed by atoms with van der Waals surface area (Å²) in [6.07, 6.45) is -4.53. The summed E-state index contributed by atoms with van der Waals surface area (Å²) in [5, 5.41) is 2.29. The molecular weight excluding hydrogens is 287 g/mol. The predicted octanol–water partition coefficient (Wildman–Crippen LogP) is 1.09. The molecule has 5 N–H and O–H groups in total. The molecule has 0 spiro atoms. The van der Waals surface area contributed by atoms with Gasteiger partial charge in [-0.1, -0.05) is 12.1 Å². The average Bonchev–Trinajstić information content (AvgIpc) is 2.36. The minimum atomic E-state index is -4.53. The number of hydrogen-bond donors (Lipinski definition) is 3. The first kappa shape index (κ1) is 17.0. The van der Waals surface area contributed by atoms with Crippen molar-refractivity contribution < 1.29 is 22.8 Å². The van der Waals surface area contributed by atoms with Gasteiger partial charge in [-0.05, 0) is 31.5 Å². The Morgan fingerprint density at radius 2 is 1.81 bits per heavy atom. The largest absolute Gasteiger partial charge is 0.416 e. The van der Waals surface area contributed by atoms with Crippen LogP contribution in [0.2, 0.25) is 0 Å².